The second-order valence-electron chi connectivity index (χ2n) is 4.50. The number of methoxy groups -OCH3 is 1. The lowest BCUT2D eigenvalue weighted by Gasteiger charge is -2.09. The minimum atomic E-state index is -0.605. The van der Waals surface area contributed by atoms with Crippen LogP contribution in [0.3, 0.4) is 0 Å². The topological polar surface area (TPSA) is 79.9 Å². The molecule has 0 radical (unpaired) electrons. The fourth-order valence-electron chi connectivity index (χ4n) is 2.21. The summed E-state index contributed by atoms with van der Waals surface area (Å²) in [5.41, 5.74) is 0.108. The zero-order valence-electron chi connectivity index (χ0n) is 11.2. The van der Waals surface area contributed by atoms with Gasteiger partial charge in [-0.2, -0.15) is 0 Å². The van der Waals surface area contributed by atoms with E-state index in [0.29, 0.717) is 5.56 Å². The molecule has 2 N–H and O–H groups in total. The summed E-state index contributed by atoms with van der Waals surface area (Å²) in [4.78, 5) is 12.3. The van der Waals surface area contributed by atoms with Crippen LogP contribution in [0.4, 0.5) is 0 Å². The summed E-state index contributed by atoms with van der Waals surface area (Å²) >= 11 is 0. The smallest absolute Gasteiger partial charge is 0.238 e. The van der Waals surface area contributed by atoms with Crippen molar-refractivity contribution < 1.29 is 19.4 Å². The van der Waals surface area contributed by atoms with Crippen LogP contribution >= 0.6 is 0 Å². The summed E-state index contributed by atoms with van der Waals surface area (Å²) in [5.74, 6) is -0.376. The highest BCUT2D eigenvalue weighted by atomic mass is 16.5. The number of fused-ring (bicyclic) bond motifs is 1. The molecule has 0 atom stereocenters. The molecule has 5 heteroatoms. The molecule has 0 amide bonds. The molecule has 21 heavy (non-hydrogen) atoms. The van der Waals surface area contributed by atoms with Gasteiger partial charge in [-0.3, -0.25) is 4.79 Å². The maximum absolute atomic E-state index is 12.3. The first kappa shape index (κ1) is 13.1. The van der Waals surface area contributed by atoms with Gasteiger partial charge in [0.05, 0.1) is 7.11 Å². The van der Waals surface area contributed by atoms with E-state index in [0.717, 1.165) is 0 Å². The molecule has 0 bridgehead atoms. The molecule has 0 aliphatic heterocycles. The van der Waals surface area contributed by atoms with Gasteiger partial charge in [-0.15, -0.1) is 0 Å². The number of phenolic OH excluding ortho intramolecular Hbond substituents is 1. The molecule has 3 rings (SSSR count). The number of hydrogen-bond donors (Lipinski definition) is 2. The SMILES string of the molecule is COc1cc(O)cc2oc(-c3ccccc3)c(O)c(=O)c12. The number of phenols is 1. The molecular formula is C16H12O5. The van der Waals surface area contributed by atoms with Gasteiger partial charge in [0, 0.05) is 17.7 Å². The Morgan fingerprint density at radius 2 is 1.81 bits per heavy atom. The lowest BCUT2D eigenvalue weighted by Crippen LogP contribution is -2.04. The standard InChI is InChI=1S/C16H12O5/c1-20-11-7-10(17)8-12-13(11)14(18)15(19)16(21-12)9-5-3-2-4-6-9/h2-8,17,19H,1H3. The van der Waals surface area contributed by atoms with E-state index in [1.807, 2.05) is 6.07 Å². The first-order valence-corrected chi connectivity index (χ1v) is 6.24. The number of ether oxygens (including phenoxy) is 1. The Morgan fingerprint density at radius 1 is 1.10 bits per heavy atom. The maximum atomic E-state index is 12.3. The molecule has 1 aromatic heterocycles. The zero-order valence-corrected chi connectivity index (χ0v) is 11.2. The third-order valence-electron chi connectivity index (χ3n) is 3.18. The van der Waals surface area contributed by atoms with Crippen molar-refractivity contribution in [2.45, 2.75) is 0 Å². The number of benzene rings is 2. The van der Waals surface area contributed by atoms with Crippen molar-refractivity contribution in [2.75, 3.05) is 7.11 Å². The molecule has 5 nitrogen and oxygen atoms in total. The van der Waals surface area contributed by atoms with Gasteiger partial charge in [-0.1, -0.05) is 30.3 Å². The quantitative estimate of drug-likeness (QED) is 0.756. The first-order chi connectivity index (χ1) is 10.1. The van der Waals surface area contributed by atoms with Gasteiger partial charge < -0.3 is 19.4 Å². The maximum Gasteiger partial charge on any atom is 0.238 e. The van der Waals surface area contributed by atoms with Crippen LogP contribution in [0.5, 0.6) is 17.2 Å². The molecule has 0 fully saturated rings. The van der Waals surface area contributed by atoms with Crippen molar-refractivity contribution >= 4 is 11.0 Å². The highest BCUT2D eigenvalue weighted by molar-refractivity contribution is 5.88. The van der Waals surface area contributed by atoms with Crippen LogP contribution in [-0.4, -0.2) is 17.3 Å². The average Bonchev–Trinajstić information content (AvgIpc) is 2.50. The minimum absolute atomic E-state index is 0.0563. The highest BCUT2D eigenvalue weighted by Crippen LogP contribution is 2.35. The molecule has 106 valence electrons. The van der Waals surface area contributed by atoms with Crippen molar-refractivity contribution in [3.8, 4) is 28.6 Å². The van der Waals surface area contributed by atoms with Crippen molar-refractivity contribution in [1.82, 2.24) is 0 Å². The molecular weight excluding hydrogens is 272 g/mol. The van der Waals surface area contributed by atoms with Gasteiger partial charge in [0.2, 0.25) is 11.2 Å². The molecule has 2 aromatic carbocycles. The Hall–Kier alpha value is -2.95. The number of rotatable bonds is 2. The summed E-state index contributed by atoms with van der Waals surface area (Å²) < 4.78 is 10.7. The normalized spacial score (nSPS) is 10.7. The van der Waals surface area contributed by atoms with E-state index in [1.165, 1.54) is 19.2 Å². The second-order valence-corrected chi connectivity index (χ2v) is 4.50. The van der Waals surface area contributed by atoms with Crippen molar-refractivity contribution in [3.63, 3.8) is 0 Å². The highest BCUT2D eigenvalue weighted by Gasteiger charge is 2.18. The van der Waals surface area contributed by atoms with E-state index < -0.39 is 11.2 Å². The van der Waals surface area contributed by atoms with Gasteiger partial charge >= 0.3 is 0 Å². The predicted octanol–water partition coefficient (Wildman–Crippen LogP) is 2.88. The van der Waals surface area contributed by atoms with Crippen LogP contribution in [0.25, 0.3) is 22.3 Å². The lowest BCUT2D eigenvalue weighted by molar-refractivity contribution is 0.408. The van der Waals surface area contributed by atoms with Crippen LogP contribution in [0, 0.1) is 0 Å². The third-order valence-corrected chi connectivity index (χ3v) is 3.18. The van der Waals surface area contributed by atoms with Crippen molar-refractivity contribution in [1.29, 1.82) is 0 Å². The van der Waals surface area contributed by atoms with Gasteiger partial charge in [-0.05, 0) is 0 Å². The fourth-order valence-corrected chi connectivity index (χ4v) is 2.21. The van der Waals surface area contributed by atoms with E-state index >= 15 is 0 Å². The molecule has 1 heterocycles. The van der Waals surface area contributed by atoms with Crippen LogP contribution in [0.15, 0.2) is 51.7 Å². The van der Waals surface area contributed by atoms with Crippen molar-refractivity contribution in [3.05, 3.63) is 52.7 Å². The van der Waals surface area contributed by atoms with Crippen molar-refractivity contribution in [2.24, 2.45) is 0 Å². The summed E-state index contributed by atoms with van der Waals surface area (Å²) in [7, 11) is 1.37. The fraction of sp³-hybridized carbons (Fsp3) is 0.0625. The predicted molar refractivity (Wildman–Crippen MR) is 77.8 cm³/mol. The minimum Gasteiger partial charge on any atom is -0.508 e. The molecule has 0 spiro atoms. The average molecular weight is 284 g/mol. The Balaban J connectivity index is 2.41. The molecule has 0 aliphatic carbocycles. The van der Waals surface area contributed by atoms with Gasteiger partial charge in [0.25, 0.3) is 0 Å². The summed E-state index contributed by atoms with van der Waals surface area (Å²) in [6.45, 7) is 0. The Kier molecular flexibility index (Phi) is 3.02. The number of aromatic hydroxyl groups is 2. The van der Waals surface area contributed by atoms with Crippen LogP contribution in [0.1, 0.15) is 0 Å². The van der Waals surface area contributed by atoms with Crippen LogP contribution < -0.4 is 10.2 Å². The summed E-state index contributed by atoms with van der Waals surface area (Å²) in [6.07, 6.45) is 0. The monoisotopic (exact) mass is 284 g/mol. The van der Waals surface area contributed by atoms with Gasteiger partial charge in [-0.25, -0.2) is 0 Å². The molecule has 0 unspecified atom stereocenters. The zero-order chi connectivity index (χ0) is 15.0. The summed E-state index contributed by atoms with van der Waals surface area (Å²) in [6, 6.07) is 11.4. The van der Waals surface area contributed by atoms with Gasteiger partial charge in [0.15, 0.2) is 5.76 Å². The Bertz CT molecular complexity index is 865. The Morgan fingerprint density at radius 3 is 2.48 bits per heavy atom. The largest absolute Gasteiger partial charge is 0.508 e. The molecule has 3 aromatic rings. The van der Waals surface area contributed by atoms with E-state index in [1.54, 1.807) is 24.3 Å². The lowest BCUT2D eigenvalue weighted by atomic mass is 10.1. The Labute approximate surface area is 119 Å². The molecule has 0 saturated heterocycles. The van der Waals surface area contributed by atoms with E-state index in [9.17, 15) is 15.0 Å². The summed E-state index contributed by atoms with van der Waals surface area (Å²) in [5, 5.41) is 19.9. The molecule has 0 saturated carbocycles. The van der Waals surface area contributed by atoms with Crippen LogP contribution in [0.2, 0.25) is 0 Å². The number of hydrogen-bond acceptors (Lipinski definition) is 5. The van der Waals surface area contributed by atoms with E-state index in [-0.39, 0.29) is 28.2 Å². The van der Waals surface area contributed by atoms with Gasteiger partial charge in [0.1, 0.15) is 22.5 Å². The van der Waals surface area contributed by atoms with E-state index in [2.05, 4.69) is 0 Å². The second kappa shape index (κ2) is 4.86. The van der Waals surface area contributed by atoms with Crippen LogP contribution in [-0.2, 0) is 0 Å². The third kappa shape index (κ3) is 2.08. The molecule has 0 aliphatic rings. The first-order valence-electron chi connectivity index (χ1n) is 6.24. The van der Waals surface area contributed by atoms with E-state index in [4.69, 9.17) is 9.15 Å².